The molecule has 1 aliphatic rings. The molecule has 1 fully saturated rings. The summed E-state index contributed by atoms with van der Waals surface area (Å²) in [6.07, 6.45) is 7.60. The fourth-order valence-electron chi connectivity index (χ4n) is 5.93. The second kappa shape index (κ2) is 11.7. The van der Waals surface area contributed by atoms with E-state index in [-0.39, 0.29) is 0 Å². The third-order valence-corrected chi connectivity index (χ3v) is 14.3. The van der Waals surface area contributed by atoms with E-state index < -0.39 is 13.9 Å². The average Bonchev–Trinajstić information content (AvgIpc) is 2.96. The van der Waals surface area contributed by atoms with Crippen molar-refractivity contribution < 1.29 is 14.0 Å². The number of hydrogen-bond donors (Lipinski definition) is 0. The molecule has 1 aliphatic carbocycles. The van der Waals surface area contributed by atoms with Gasteiger partial charge in [0.15, 0.2) is 0 Å². The van der Waals surface area contributed by atoms with Gasteiger partial charge in [-0.1, -0.05) is 0 Å². The van der Waals surface area contributed by atoms with E-state index in [2.05, 4.69) is 55.8 Å². The van der Waals surface area contributed by atoms with Crippen LogP contribution in [0.25, 0.3) is 0 Å². The van der Waals surface area contributed by atoms with Crippen molar-refractivity contribution in [3.05, 3.63) is 121 Å². The molecule has 0 N–H and O–H groups in total. The fourth-order valence-corrected chi connectivity index (χ4v) is 11.3. The third kappa shape index (κ3) is 6.08. The van der Waals surface area contributed by atoms with Gasteiger partial charge in [-0.25, -0.2) is 0 Å². The van der Waals surface area contributed by atoms with Crippen molar-refractivity contribution in [2.45, 2.75) is 43.9 Å². The molecule has 0 atom stereocenters. The van der Waals surface area contributed by atoms with E-state index in [0.717, 1.165) is 11.9 Å². The van der Waals surface area contributed by atoms with Crippen molar-refractivity contribution in [3.63, 3.8) is 0 Å². The molecule has 38 heavy (non-hydrogen) atoms. The summed E-state index contributed by atoms with van der Waals surface area (Å²) in [5.41, 5.74) is 1.92. The Morgan fingerprint density at radius 1 is 0.605 bits per heavy atom. The van der Waals surface area contributed by atoms with Crippen molar-refractivity contribution in [3.8, 4) is 17.2 Å². The minimum atomic E-state index is -2.36. The van der Waals surface area contributed by atoms with E-state index in [1.807, 2.05) is 72.8 Å². The monoisotopic (exact) mass is 524 g/mol. The first-order valence-electron chi connectivity index (χ1n) is 13.7. The van der Waals surface area contributed by atoms with E-state index in [1.54, 1.807) is 0 Å². The van der Waals surface area contributed by atoms with Crippen molar-refractivity contribution >= 4 is 19.2 Å². The SMILES string of the molecule is CP(C)(Cc1ccccc1OB(Oc1ccccc1)Oc1ccccc1)(c1ccccc1)C1CCCCC1. The van der Waals surface area contributed by atoms with Gasteiger partial charge in [-0.3, -0.25) is 0 Å². The van der Waals surface area contributed by atoms with Crippen LogP contribution in [0, 0.1) is 0 Å². The molecule has 0 radical (unpaired) electrons. The molecule has 0 heterocycles. The van der Waals surface area contributed by atoms with E-state index in [4.69, 9.17) is 14.0 Å². The van der Waals surface area contributed by atoms with Gasteiger partial charge in [0.25, 0.3) is 0 Å². The van der Waals surface area contributed by atoms with Crippen molar-refractivity contribution in [2.75, 3.05) is 13.3 Å². The quantitative estimate of drug-likeness (QED) is 0.155. The Morgan fingerprint density at radius 3 is 1.68 bits per heavy atom. The first-order valence-corrected chi connectivity index (χ1v) is 17.1. The molecule has 4 aromatic carbocycles. The summed E-state index contributed by atoms with van der Waals surface area (Å²) in [7, 11) is -0.924. The van der Waals surface area contributed by atoms with Gasteiger partial charge < -0.3 is 0 Å². The van der Waals surface area contributed by atoms with Crippen LogP contribution in [0.1, 0.15) is 37.7 Å². The number of para-hydroxylation sites is 3. The van der Waals surface area contributed by atoms with Gasteiger partial charge in [-0.2, -0.15) is 0 Å². The summed E-state index contributed by atoms with van der Waals surface area (Å²) >= 11 is 0. The van der Waals surface area contributed by atoms with E-state index in [1.165, 1.54) is 43.0 Å². The van der Waals surface area contributed by atoms with Crippen molar-refractivity contribution in [1.29, 1.82) is 0 Å². The second-order valence-electron chi connectivity index (χ2n) is 11.2. The Hall–Kier alpha value is -3.23. The van der Waals surface area contributed by atoms with Crippen LogP contribution in [-0.4, -0.2) is 26.3 Å². The van der Waals surface area contributed by atoms with Crippen LogP contribution in [0.4, 0.5) is 0 Å². The van der Waals surface area contributed by atoms with Crippen LogP contribution in [0.5, 0.6) is 17.2 Å². The Morgan fingerprint density at radius 2 is 1.11 bits per heavy atom. The molecule has 5 heteroatoms. The van der Waals surface area contributed by atoms with Crippen LogP contribution >= 0.6 is 6.60 Å². The van der Waals surface area contributed by atoms with E-state index in [0.29, 0.717) is 17.2 Å². The zero-order valence-corrected chi connectivity index (χ0v) is 23.4. The topological polar surface area (TPSA) is 27.7 Å². The van der Waals surface area contributed by atoms with Crippen LogP contribution in [0.2, 0.25) is 0 Å². The van der Waals surface area contributed by atoms with Crippen LogP contribution in [0.3, 0.4) is 0 Å². The molecule has 0 saturated heterocycles. The number of benzene rings is 4. The molecule has 0 unspecified atom stereocenters. The maximum atomic E-state index is 6.54. The van der Waals surface area contributed by atoms with Gasteiger partial charge in [-0.05, 0) is 0 Å². The standard InChI is InChI=1S/C33H38BO3P/c1-38(2,31-22-11-5-12-23-31,32-24-13-6-14-25-32)27-28-17-15-16-26-33(28)37-34(35-29-18-7-3-8-19-29)36-30-20-9-4-10-21-30/h3-5,7-12,15-23,26,32H,6,13-14,24-25,27H2,1-2H3. The fraction of sp³-hybridized carbons (Fsp3) is 0.273. The van der Waals surface area contributed by atoms with Gasteiger partial charge in [0.1, 0.15) is 0 Å². The summed E-state index contributed by atoms with van der Waals surface area (Å²) < 4.78 is 18.9. The van der Waals surface area contributed by atoms with Gasteiger partial charge in [0.2, 0.25) is 0 Å². The second-order valence-corrected chi connectivity index (χ2v) is 17.8. The Balaban J connectivity index is 1.48. The third-order valence-electron chi connectivity index (χ3n) is 8.15. The van der Waals surface area contributed by atoms with Gasteiger partial charge in [0.05, 0.1) is 0 Å². The Kier molecular flexibility index (Phi) is 8.10. The van der Waals surface area contributed by atoms with Gasteiger partial charge in [-0.15, -0.1) is 0 Å². The molecular weight excluding hydrogens is 486 g/mol. The summed E-state index contributed by atoms with van der Waals surface area (Å²) in [6, 6.07) is 39.1. The van der Waals surface area contributed by atoms with Crippen LogP contribution in [0.15, 0.2) is 115 Å². The van der Waals surface area contributed by atoms with Crippen LogP contribution in [-0.2, 0) is 6.16 Å². The predicted molar refractivity (Wildman–Crippen MR) is 162 cm³/mol. The Labute approximate surface area is 228 Å². The first-order chi connectivity index (χ1) is 18.5. The molecule has 0 aliphatic heterocycles. The van der Waals surface area contributed by atoms with Gasteiger partial charge >= 0.3 is 229 Å². The first kappa shape index (κ1) is 26.4. The molecular formula is C33H38BO3P. The molecule has 0 spiro atoms. The zero-order valence-electron chi connectivity index (χ0n) is 22.5. The molecule has 5 rings (SSSR count). The molecule has 196 valence electrons. The molecule has 4 aromatic rings. The summed E-state index contributed by atoms with van der Waals surface area (Å²) in [5.74, 6) is 2.21. The van der Waals surface area contributed by atoms with Crippen molar-refractivity contribution in [1.82, 2.24) is 0 Å². The molecule has 1 saturated carbocycles. The molecule has 0 amide bonds. The Bertz CT molecular complexity index is 1250. The summed E-state index contributed by atoms with van der Waals surface area (Å²) in [4.78, 5) is 0. The minimum absolute atomic E-state index is 0.697. The predicted octanol–water partition coefficient (Wildman–Crippen LogP) is 8.18. The van der Waals surface area contributed by atoms with E-state index >= 15 is 0 Å². The zero-order chi connectivity index (χ0) is 26.3. The average molecular weight is 524 g/mol. The summed E-state index contributed by atoms with van der Waals surface area (Å²) in [5, 5.41) is 1.51. The molecule has 3 nitrogen and oxygen atoms in total. The summed E-state index contributed by atoms with van der Waals surface area (Å²) in [6.45, 7) is 2.81. The van der Waals surface area contributed by atoms with Crippen LogP contribution < -0.4 is 19.3 Å². The maximum absolute atomic E-state index is 6.54. The normalized spacial score (nSPS) is 15.2. The van der Waals surface area contributed by atoms with Gasteiger partial charge in [0, 0.05) is 0 Å². The number of hydrogen-bond acceptors (Lipinski definition) is 3. The number of rotatable bonds is 10. The molecule has 0 bridgehead atoms. The van der Waals surface area contributed by atoms with Crippen molar-refractivity contribution in [2.24, 2.45) is 0 Å². The van der Waals surface area contributed by atoms with E-state index in [9.17, 15) is 0 Å². The molecule has 0 aromatic heterocycles.